The van der Waals surface area contributed by atoms with Crippen LogP contribution in [0.3, 0.4) is 0 Å². The van der Waals surface area contributed by atoms with Crippen LogP contribution in [-0.2, 0) is 0 Å². The van der Waals surface area contributed by atoms with Crippen LogP contribution in [0, 0.1) is 0 Å². The molecule has 1 aliphatic heterocycles. The number of hydrogen-bond acceptors (Lipinski definition) is 7. The standard InChI is InChI=1S/C21H25N7O/c1-15(16-4-5-18-19(12-16)23-7-6-22-18)27-8-10-28(11-9-27)21-24-13-17(14-25-21)20(29)26(2)3/h4-7,12-15H,8-11H2,1-3H3. The summed E-state index contributed by atoms with van der Waals surface area (Å²) in [6.45, 7) is 5.76. The number of hydrogen-bond donors (Lipinski definition) is 0. The van der Waals surface area contributed by atoms with Crippen molar-refractivity contribution >= 4 is 22.9 Å². The number of piperazine rings is 1. The monoisotopic (exact) mass is 391 g/mol. The molecule has 2 aromatic heterocycles. The third-order valence-corrected chi connectivity index (χ3v) is 5.41. The fraction of sp³-hybridized carbons (Fsp3) is 0.381. The average molecular weight is 391 g/mol. The third kappa shape index (κ3) is 4.02. The molecule has 1 unspecified atom stereocenters. The van der Waals surface area contributed by atoms with E-state index in [2.05, 4.69) is 48.8 Å². The third-order valence-electron chi connectivity index (χ3n) is 5.41. The van der Waals surface area contributed by atoms with Gasteiger partial charge in [0.15, 0.2) is 0 Å². The molecule has 1 aliphatic rings. The minimum atomic E-state index is -0.0877. The highest BCUT2D eigenvalue weighted by Gasteiger charge is 2.24. The molecule has 1 aromatic carbocycles. The Labute approximate surface area is 170 Å². The van der Waals surface area contributed by atoms with Gasteiger partial charge >= 0.3 is 0 Å². The number of rotatable bonds is 4. The predicted octanol–water partition coefficient (Wildman–Crippen LogP) is 2.00. The fourth-order valence-corrected chi connectivity index (χ4v) is 3.61. The summed E-state index contributed by atoms with van der Waals surface area (Å²) in [5.74, 6) is 0.587. The molecule has 3 aromatic rings. The summed E-state index contributed by atoms with van der Waals surface area (Å²) < 4.78 is 0. The van der Waals surface area contributed by atoms with Crippen molar-refractivity contribution in [1.82, 2.24) is 29.7 Å². The summed E-state index contributed by atoms with van der Waals surface area (Å²) in [6, 6.07) is 6.60. The molecular weight excluding hydrogens is 366 g/mol. The zero-order valence-corrected chi connectivity index (χ0v) is 17.0. The van der Waals surface area contributed by atoms with Crippen LogP contribution in [0.1, 0.15) is 28.9 Å². The van der Waals surface area contributed by atoms with Gasteiger partial charge in [0.2, 0.25) is 5.95 Å². The van der Waals surface area contributed by atoms with Crippen molar-refractivity contribution in [3.8, 4) is 0 Å². The fourth-order valence-electron chi connectivity index (χ4n) is 3.61. The molecule has 0 aliphatic carbocycles. The Balaban J connectivity index is 1.40. The van der Waals surface area contributed by atoms with Crippen molar-refractivity contribution in [2.75, 3.05) is 45.2 Å². The zero-order chi connectivity index (χ0) is 20.4. The lowest BCUT2D eigenvalue weighted by Crippen LogP contribution is -2.47. The first-order chi connectivity index (χ1) is 14.0. The van der Waals surface area contributed by atoms with Crippen LogP contribution in [0.25, 0.3) is 11.0 Å². The maximum atomic E-state index is 12.0. The number of nitrogens with zero attached hydrogens (tertiary/aromatic N) is 7. The summed E-state index contributed by atoms with van der Waals surface area (Å²) in [4.78, 5) is 35.7. The molecule has 150 valence electrons. The second-order valence-electron chi connectivity index (χ2n) is 7.47. The number of carbonyl (C=O) groups is 1. The van der Waals surface area contributed by atoms with Crippen molar-refractivity contribution in [2.45, 2.75) is 13.0 Å². The van der Waals surface area contributed by atoms with Crippen molar-refractivity contribution in [1.29, 1.82) is 0 Å². The zero-order valence-electron chi connectivity index (χ0n) is 17.0. The minimum absolute atomic E-state index is 0.0877. The number of amides is 1. The lowest BCUT2D eigenvalue weighted by atomic mass is 10.1. The van der Waals surface area contributed by atoms with Crippen molar-refractivity contribution in [2.24, 2.45) is 0 Å². The second kappa shape index (κ2) is 8.08. The van der Waals surface area contributed by atoms with E-state index in [1.54, 1.807) is 38.9 Å². The summed E-state index contributed by atoms with van der Waals surface area (Å²) in [5.41, 5.74) is 3.59. The molecule has 0 saturated carbocycles. The highest BCUT2D eigenvalue weighted by Crippen LogP contribution is 2.24. The summed E-state index contributed by atoms with van der Waals surface area (Å²) in [6.07, 6.45) is 6.66. The molecule has 0 spiro atoms. The molecule has 0 radical (unpaired) electrons. The Morgan fingerprint density at radius 2 is 1.62 bits per heavy atom. The number of fused-ring (bicyclic) bond motifs is 1. The van der Waals surface area contributed by atoms with E-state index in [1.807, 2.05) is 6.07 Å². The van der Waals surface area contributed by atoms with Gasteiger partial charge in [-0.3, -0.25) is 19.7 Å². The lowest BCUT2D eigenvalue weighted by Gasteiger charge is -2.38. The van der Waals surface area contributed by atoms with Crippen LogP contribution in [0.5, 0.6) is 0 Å². The SMILES string of the molecule is CC(c1ccc2nccnc2c1)N1CCN(c2ncc(C(=O)N(C)C)cn2)CC1. The second-order valence-corrected chi connectivity index (χ2v) is 7.47. The minimum Gasteiger partial charge on any atom is -0.345 e. The Morgan fingerprint density at radius 1 is 0.966 bits per heavy atom. The molecule has 1 atom stereocenters. The van der Waals surface area contributed by atoms with E-state index in [-0.39, 0.29) is 5.91 Å². The van der Waals surface area contributed by atoms with E-state index in [0.717, 1.165) is 37.2 Å². The van der Waals surface area contributed by atoms with Crippen molar-refractivity contribution in [3.05, 3.63) is 54.1 Å². The number of aromatic nitrogens is 4. The van der Waals surface area contributed by atoms with E-state index in [9.17, 15) is 4.79 Å². The van der Waals surface area contributed by atoms with Crippen LogP contribution < -0.4 is 4.90 Å². The van der Waals surface area contributed by atoms with Gasteiger partial charge in [-0.1, -0.05) is 6.07 Å². The van der Waals surface area contributed by atoms with E-state index in [1.165, 1.54) is 10.5 Å². The first-order valence-corrected chi connectivity index (χ1v) is 9.76. The summed E-state index contributed by atoms with van der Waals surface area (Å²) in [7, 11) is 3.44. The maximum Gasteiger partial charge on any atom is 0.256 e. The van der Waals surface area contributed by atoms with Crippen LogP contribution >= 0.6 is 0 Å². The molecule has 1 amide bonds. The first-order valence-electron chi connectivity index (χ1n) is 9.76. The molecule has 29 heavy (non-hydrogen) atoms. The van der Waals surface area contributed by atoms with Gasteiger partial charge in [-0.05, 0) is 24.6 Å². The van der Waals surface area contributed by atoms with Gasteiger partial charge in [0.05, 0.1) is 16.6 Å². The van der Waals surface area contributed by atoms with Crippen LogP contribution in [0.15, 0.2) is 43.0 Å². The van der Waals surface area contributed by atoms with Gasteiger partial charge < -0.3 is 9.80 Å². The van der Waals surface area contributed by atoms with E-state index >= 15 is 0 Å². The Kier molecular flexibility index (Phi) is 5.35. The Bertz CT molecular complexity index is 997. The molecule has 0 bridgehead atoms. The van der Waals surface area contributed by atoms with Gasteiger partial charge in [-0.2, -0.15) is 0 Å². The van der Waals surface area contributed by atoms with Crippen molar-refractivity contribution < 1.29 is 4.79 Å². The summed E-state index contributed by atoms with van der Waals surface area (Å²) >= 11 is 0. The van der Waals surface area contributed by atoms with E-state index in [4.69, 9.17) is 0 Å². The van der Waals surface area contributed by atoms with Gasteiger partial charge in [0, 0.05) is 71.1 Å². The highest BCUT2D eigenvalue weighted by atomic mass is 16.2. The highest BCUT2D eigenvalue weighted by molar-refractivity contribution is 5.93. The quantitative estimate of drug-likeness (QED) is 0.673. The van der Waals surface area contributed by atoms with E-state index in [0.29, 0.717) is 17.6 Å². The first kappa shape index (κ1) is 19.2. The predicted molar refractivity (Wildman–Crippen MR) is 112 cm³/mol. The molecule has 0 N–H and O–H groups in total. The Hall–Kier alpha value is -3.13. The van der Waals surface area contributed by atoms with Crippen LogP contribution in [0.4, 0.5) is 5.95 Å². The molecule has 8 heteroatoms. The molecular formula is C21H25N7O. The summed E-state index contributed by atoms with van der Waals surface area (Å²) in [5, 5.41) is 0. The number of benzene rings is 1. The molecule has 8 nitrogen and oxygen atoms in total. The van der Waals surface area contributed by atoms with Gasteiger partial charge in [0.1, 0.15) is 0 Å². The van der Waals surface area contributed by atoms with Gasteiger partial charge in [0.25, 0.3) is 5.91 Å². The van der Waals surface area contributed by atoms with Crippen molar-refractivity contribution in [3.63, 3.8) is 0 Å². The van der Waals surface area contributed by atoms with Crippen LogP contribution in [0.2, 0.25) is 0 Å². The topological polar surface area (TPSA) is 78.4 Å². The van der Waals surface area contributed by atoms with Gasteiger partial charge in [-0.15, -0.1) is 0 Å². The number of carbonyl (C=O) groups excluding carboxylic acids is 1. The van der Waals surface area contributed by atoms with Crippen LogP contribution in [-0.4, -0.2) is 75.9 Å². The van der Waals surface area contributed by atoms with Gasteiger partial charge in [-0.25, -0.2) is 9.97 Å². The largest absolute Gasteiger partial charge is 0.345 e. The van der Waals surface area contributed by atoms with E-state index < -0.39 is 0 Å². The molecule has 1 saturated heterocycles. The molecule has 1 fully saturated rings. The average Bonchev–Trinajstić information content (AvgIpc) is 2.78. The smallest absolute Gasteiger partial charge is 0.256 e. The number of anilines is 1. The maximum absolute atomic E-state index is 12.0. The lowest BCUT2D eigenvalue weighted by molar-refractivity contribution is 0.0827. The Morgan fingerprint density at radius 3 is 2.28 bits per heavy atom. The normalized spacial score (nSPS) is 16.0. The molecule has 4 rings (SSSR count). The molecule has 3 heterocycles.